The number of carbonyl (C=O) groups excluding carboxylic acids is 1. The van der Waals surface area contributed by atoms with Crippen LogP contribution in [-0.2, 0) is 4.74 Å². The molecule has 2 aliphatic rings. The van der Waals surface area contributed by atoms with Crippen LogP contribution in [0.2, 0.25) is 0 Å². The Balaban J connectivity index is 1.52. The molecule has 0 bridgehead atoms. The normalized spacial score (nSPS) is 20.5. The van der Waals surface area contributed by atoms with Crippen molar-refractivity contribution in [2.24, 2.45) is 0 Å². The molecular weight excluding hydrogens is 260 g/mol. The number of amides is 2. The molecule has 2 aliphatic heterocycles. The molecule has 2 amide bonds. The van der Waals surface area contributed by atoms with Gasteiger partial charge in [0.15, 0.2) is 11.5 Å². The molecule has 6 nitrogen and oxygen atoms in total. The molecule has 1 aromatic carbocycles. The number of anilines is 1. The van der Waals surface area contributed by atoms with E-state index in [0.717, 1.165) is 19.4 Å². The zero-order valence-corrected chi connectivity index (χ0v) is 11.2. The van der Waals surface area contributed by atoms with Crippen molar-refractivity contribution in [2.45, 2.75) is 18.9 Å². The first kappa shape index (κ1) is 13.1. The number of rotatable bonds is 3. The number of urea groups is 1. The lowest BCUT2D eigenvalue weighted by molar-refractivity contribution is 0.112. The van der Waals surface area contributed by atoms with Gasteiger partial charge in [0.05, 0.1) is 6.10 Å². The Labute approximate surface area is 117 Å². The molecule has 1 aromatic rings. The van der Waals surface area contributed by atoms with Gasteiger partial charge in [0.2, 0.25) is 0 Å². The topological polar surface area (TPSA) is 68.8 Å². The lowest BCUT2D eigenvalue weighted by atomic mass is 10.2. The molecule has 1 saturated heterocycles. The number of fused-ring (bicyclic) bond motifs is 1. The van der Waals surface area contributed by atoms with E-state index in [0.29, 0.717) is 36.9 Å². The van der Waals surface area contributed by atoms with Gasteiger partial charge in [-0.2, -0.15) is 0 Å². The molecule has 2 heterocycles. The smallest absolute Gasteiger partial charge is 0.319 e. The zero-order valence-electron chi connectivity index (χ0n) is 11.2. The lowest BCUT2D eigenvalue weighted by Crippen LogP contribution is -2.35. The van der Waals surface area contributed by atoms with Crippen molar-refractivity contribution >= 4 is 11.7 Å². The first-order chi connectivity index (χ1) is 9.81. The summed E-state index contributed by atoms with van der Waals surface area (Å²) in [5.41, 5.74) is 0.680. The summed E-state index contributed by atoms with van der Waals surface area (Å²) in [6, 6.07) is 5.11. The van der Waals surface area contributed by atoms with E-state index < -0.39 is 0 Å². The first-order valence-corrected chi connectivity index (χ1v) is 6.87. The minimum absolute atomic E-state index is 0.140. The summed E-state index contributed by atoms with van der Waals surface area (Å²) in [6.45, 7) is 2.41. The van der Waals surface area contributed by atoms with Gasteiger partial charge in [-0.1, -0.05) is 0 Å². The summed E-state index contributed by atoms with van der Waals surface area (Å²) in [4.78, 5) is 11.8. The predicted molar refractivity (Wildman–Crippen MR) is 73.4 cm³/mol. The van der Waals surface area contributed by atoms with Crippen LogP contribution in [-0.4, -0.2) is 38.5 Å². The Kier molecular flexibility index (Phi) is 3.92. The van der Waals surface area contributed by atoms with E-state index in [9.17, 15) is 4.79 Å². The van der Waals surface area contributed by atoms with Crippen LogP contribution in [0.4, 0.5) is 10.5 Å². The van der Waals surface area contributed by atoms with Gasteiger partial charge in [-0.25, -0.2) is 4.79 Å². The maximum Gasteiger partial charge on any atom is 0.319 e. The number of nitrogens with one attached hydrogen (secondary N) is 2. The summed E-state index contributed by atoms with van der Waals surface area (Å²) in [6.07, 6.45) is 2.21. The second-order valence-electron chi connectivity index (χ2n) is 4.83. The fourth-order valence-corrected chi connectivity index (χ4v) is 2.31. The van der Waals surface area contributed by atoms with Crippen LogP contribution >= 0.6 is 0 Å². The Bertz CT molecular complexity index is 486. The van der Waals surface area contributed by atoms with Crippen LogP contribution in [0.15, 0.2) is 18.2 Å². The van der Waals surface area contributed by atoms with Gasteiger partial charge >= 0.3 is 6.03 Å². The van der Waals surface area contributed by atoms with Crippen LogP contribution in [0.5, 0.6) is 11.5 Å². The molecule has 0 radical (unpaired) electrons. The van der Waals surface area contributed by atoms with E-state index in [1.807, 2.05) is 0 Å². The Hall–Kier alpha value is -1.95. The molecule has 3 rings (SSSR count). The second-order valence-corrected chi connectivity index (χ2v) is 4.83. The van der Waals surface area contributed by atoms with Gasteiger partial charge in [0.25, 0.3) is 0 Å². The summed E-state index contributed by atoms with van der Waals surface area (Å²) >= 11 is 0. The van der Waals surface area contributed by atoms with E-state index in [1.165, 1.54) is 0 Å². The van der Waals surface area contributed by atoms with Crippen LogP contribution < -0.4 is 20.1 Å². The van der Waals surface area contributed by atoms with E-state index in [-0.39, 0.29) is 12.1 Å². The van der Waals surface area contributed by atoms with Crippen LogP contribution in [0.25, 0.3) is 0 Å². The van der Waals surface area contributed by atoms with Gasteiger partial charge < -0.3 is 24.8 Å². The van der Waals surface area contributed by atoms with Crippen LogP contribution in [0, 0.1) is 0 Å². The minimum atomic E-state index is -0.239. The maximum atomic E-state index is 11.8. The average molecular weight is 278 g/mol. The fourth-order valence-electron chi connectivity index (χ4n) is 2.31. The van der Waals surface area contributed by atoms with Crippen molar-refractivity contribution in [1.29, 1.82) is 0 Å². The van der Waals surface area contributed by atoms with Gasteiger partial charge in [-0.3, -0.25) is 0 Å². The Morgan fingerprint density at radius 2 is 2.05 bits per heavy atom. The van der Waals surface area contributed by atoms with Crippen LogP contribution in [0.3, 0.4) is 0 Å². The number of ether oxygens (including phenoxy) is 3. The maximum absolute atomic E-state index is 11.8. The summed E-state index contributed by atoms with van der Waals surface area (Å²) in [5, 5.41) is 5.58. The molecular formula is C14H18N2O4. The quantitative estimate of drug-likeness (QED) is 0.884. The largest absolute Gasteiger partial charge is 0.486 e. The highest BCUT2D eigenvalue weighted by Gasteiger charge is 2.16. The number of hydrogen-bond donors (Lipinski definition) is 2. The highest BCUT2D eigenvalue weighted by Crippen LogP contribution is 2.32. The first-order valence-electron chi connectivity index (χ1n) is 6.87. The van der Waals surface area contributed by atoms with Crippen molar-refractivity contribution in [3.05, 3.63) is 18.2 Å². The summed E-state index contributed by atoms with van der Waals surface area (Å²) in [7, 11) is 0. The molecule has 6 heteroatoms. The third kappa shape index (κ3) is 3.14. The van der Waals surface area contributed by atoms with E-state index in [2.05, 4.69) is 10.6 Å². The van der Waals surface area contributed by atoms with E-state index in [4.69, 9.17) is 14.2 Å². The summed E-state index contributed by atoms with van der Waals surface area (Å²) in [5.74, 6) is 1.37. The standard InChI is InChI=1S/C14H18N2O4/c17-14(15-9-11-2-1-5-18-11)16-10-3-4-12-13(8-10)20-7-6-19-12/h3-4,8,11H,1-2,5-7,9H2,(H2,15,16,17)/t11-/m0/s1. The average Bonchev–Trinajstić information content (AvgIpc) is 2.98. The molecule has 1 atom stereocenters. The Morgan fingerprint density at radius 3 is 2.85 bits per heavy atom. The molecule has 0 unspecified atom stereocenters. The van der Waals surface area contributed by atoms with Gasteiger partial charge in [0, 0.05) is 24.9 Å². The minimum Gasteiger partial charge on any atom is -0.486 e. The molecule has 108 valence electrons. The zero-order chi connectivity index (χ0) is 13.8. The predicted octanol–water partition coefficient (Wildman–Crippen LogP) is 1.76. The Morgan fingerprint density at radius 1 is 1.20 bits per heavy atom. The molecule has 20 heavy (non-hydrogen) atoms. The molecule has 0 aliphatic carbocycles. The number of hydrogen-bond acceptors (Lipinski definition) is 4. The van der Waals surface area contributed by atoms with Crippen molar-refractivity contribution in [1.82, 2.24) is 5.32 Å². The molecule has 0 saturated carbocycles. The van der Waals surface area contributed by atoms with Crippen LogP contribution in [0.1, 0.15) is 12.8 Å². The molecule has 0 aromatic heterocycles. The highest BCUT2D eigenvalue weighted by molar-refractivity contribution is 5.89. The van der Waals surface area contributed by atoms with Crippen molar-refractivity contribution in [2.75, 3.05) is 31.7 Å². The summed E-state index contributed by atoms with van der Waals surface area (Å²) < 4.78 is 16.3. The number of benzene rings is 1. The molecule has 1 fully saturated rings. The SMILES string of the molecule is O=C(NC[C@@H]1CCCO1)Nc1ccc2c(c1)OCCO2. The molecule has 2 N–H and O–H groups in total. The lowest BCUT2D eigenvalue weighted by Gasteiger charge is -2.19. The van der Waals surface area contributed by atoms with E-state index >= 15 is 0 Å². The second kappa shape index (κ2) is 6.00. The third-order valence-electron chi connectivity index (χ3n) is 3.31. The van der Waals surface area contributed by atoms with Crippen molar-refractivity contribution in [3.8, 4) is 11.5 Å². The van der Waals surface area contributed by atoms with Gasteiger partial charge in [0.1, 0.15) is 13.2 Å². The highest BCUT2D eigenvalue weighted by atomic mass is 16.6. The molecule has 0 spiro atoms. The van der Waals surface area contributed by atoms with Crippen molar-refractivity contribution < 1.29 is 19.0 Å². The monoisotopic (exact) mass is 278 g/mol. The van der Waals surface area contributed by atoms with Crippen molar-refractivity contribution in [3.63, 3.8) is 0 Å². The van der Waals surface area contributed by atoms with Gasteiger partial charge in [-0.05, 0) is 25.0 Å². The van der Waals surface area contributed by atoms with E-state index in [1.54, 1.807) is 18.2 Å². The van der Waals surface area contributed by atoms with Gasteiger partial charge in [-0.15, -0.1) is 0 Å². The third-order valence-corrected chi connectivity index (χ3v) is 3.31. The number of carbonyl (C=O) groups is 1. The fraction of sp³-hybridized carbons (Fsp3) is 0.500.